The van der Waals surface area contributed by atoms with E-state index in [-0.39, 0.29) is 25.3 Å². The number of nitrogens with two attached hydrogens (primary N) is 1. The summed E-state index contributed by atoms with van der Waals surface area (Å²) in [5.74, 6) is -4.22. The molecule has 0 aromatic carbocycles. The summed E-state index contributed by atoms with van der Waals surface area (Å²) in [6, 6.07) is -2.29. The molecule has 15 heteroatoms. The van der Waals surface area contributed by atoms with Crippen molar-refractivity contribution in [3.05, 3.63) is 12.7 Å². The summed E-state index contributed by atoms with van der Waals surface area (Å²) < 4.78 is 14.8. The Bertz CT molecular complexity index is 895. The average Bonchev–Trinajstić information content (AvgIpc) is 2.92. The lowest BCUT2D eigenvalue weighted by Crippen LogP contribution is -2.57. The number of ether oxygens (including phenoxy) is 3. The molecule has 14 nitrogen and oxygen atoms in total. The van der Waals surface area contributed by atoms with Gasteiger partial charge in [-0.15, -0.1) is 0 Å². The zero-order valence-electron chi connectivity index (χ0n) is 25.6. The third-order valence-electron chi connectivity index (χ3n) is 5.23. The van der Waals surface area contributed by atoms with Crippen molar-refractivity contribution in [1.82, 2.24) is 20.4 Å². The summed E-state index contributed by atoms with van der Waals surface area (Å²) in [6.07, 6.45) is 2.40. The molecular weight excluding hydrogens is 558 g/mol. The first-order valence-electron chi connectivity index (χ1n) is 12.8. The molecule has 41 heavy (non-hydrogen) atoms. The highest BCUT2D eigenvalue weighted by Crippen LogP contribution is 2.16. The summed E-state index contributed by atoms with van der Waals surface area (Å²) in [5, 5.41) is 4.76. The Morgan fingerprint density at radius 1 is 1.07 bits per heavy atom. The van der Waals surface area contributed by atoms with Crippen LogP contribution in [0.3, 0.4) is 0 Å². The Labute approximate surface area is 247 Å². The number of esters is 2. The van der Waals surface area contributed by atoms with E-state index in [1.165, 1.54) is 48.8 Å². The molecule has 0 radical (unpaired) electrons. The molecule has 4 amide bonds. The van der Waals surface area contributed by atoms with Gasteiger partial charge in [0.25, 0.3) is 0 Å². The monoisotopic (exact) mass is 605 g/mol. The number of methoxy groups -OCH3 is 1. The van der Waals surface area contributed by atoms with Crippen molar-refractivity contribution >= 4 is 47.5 Å². The number of likely N-dealkylation sites (N-methyl/N-ethyl adjacent to an activating group) is 2. The molecule has 236 valence electrons. The Morgan fingerprint density at radius 2 is 1.66 bits per heavy atom. The predicted molar refractivity (Wildman–Crippen MR) is 156 cm³/mol. The van der Waals surface area contributed by atoms with E-state index < -0.39 is 65.9 Å². The van der Waals surface area contributed by atoms with Gasteiger partial charge in [0.15, 0.2) is 0 Å². The molecule has 0 unspecified atom stereocenters. The van der Waals surface area contributed by atoms with Crippen LogP contribution >= 0.6 is 11.8 Å². The highest BCUT2D eigenvalue weighted by atomic mass is 32.2. The molecule has 0 aliphatic rings. The fourth-order valence-corrected chi connectivity index (χ4v) is 3.89. The van der Waals surface area contributed by atoms with Gasteiger partial charge < -0.3 is 40.4 Å². The molecule has 0 rings (SSSR count). The van der Waals surface area contributed by atoms with E-state index in [2.05, 4.69) is 27.7 Å². The predicted octanol–water partition coefficient (Wildman–Crippen LogP) is 0.148. The summed E-state index contributed by atoms with van der Waals surface area (Å²) >= 11 is 1.31. The minimum atomic E-state index is -1.30. The molecule has 0 spiro atoms. The number of hydrogen-bond acceptors (Lipinski definition) is 11. The molecule has 0 fully saturated rings. The minimum absolute atomic E-state index is 0.0493. The van der Waals surface area contributed by atoms with Crippen LogP contribution in [0.15, 0.2) is 12.7 Å². The van der Waals surface area contributed by atoms with Crippen molar-refractivity contribution in [2.75, 3.05) is 60.0 Å². The fourth-order valence-electron chi connectivity index (χ4n) is 3.21. The van der Waals surface area contributed by atoms with Crippen molar-refractivity contribution in [1.29, 1.82) is 0 Å². The largest absolute Gasteiger partial charge is 0.468 e. The van der Waals surface area contributed by atoms with Crippen LogP contribution in [0.2, 0.25) is 0 Å². The van der Waals surface area contributed by atoms with Crippen LogP contribution in [0.4, 0.5) is 4.79 Å². The molecular formula is C26H47N5O9S. The third kappa shape index (κ3) is 15.3. The lowest BCUT2D eigenvalue weighted by atomic mass is 10.0. The van der Waals surface area contributed by atoms with Gasteiger partial charge in [-0.3, -0.25) is 24.0 Å². The van der Waals surface area contributed by atoms with Crippen LogP contribution < -0.4 is 16.4 Å². The second-order valence-corrected chi connectivity index (χ2v) is 10.4. The standard InChI is InChI=1S/C25H42N4O9S.CH5N/c1-10-12-37-23(34)16(11-2)21(32)29(7)18(15-39-9)22(33)28(6)14-17(20(31)26-13-19(30)36-8)27-24(35)38-25(3,4)5;1-2/h10,16-18H,1,11-15H2,2-9H3,(H,26,31)(H,27,35);2H2,1H3/t16-,17+,18-;/m0./s1. The fraction of sp³-hybridized carbons (Fsp3) is 0.692. The normalized spacial score (nSPS) is 12.6. The number of rotatable bonds is 15. The van der Waals surface area contributed by atoms with Crippen LogP contribution in [0.5, 0.6) is 0 Å². The van der Waals surface area contributed by atoms with Gasteiger partial charge in [0, 0.05) is 26.4 Å². The molecule has 0 saturated heterocycles. The maximum absolute atomic E-state index is 13.5. The number of carbonyl (C=O) groups excluding carboxylic acids is 6. The zero-order chi connectivity index (χ0) is 32.3. The maximum Gasteiger partial charge on any atom is 0.408 e. The van der Waals surface area contributed by atoms with Crippen molar-refractivity contribution in [3.8, 4) is 0 Å². The number of carbonyl (C=O) groups is 6. The average molecular weight is 606 g/mol. The van der Waals surface area contributed by atoms with Gasteiger partial charge in [-0.25, -0.2) is 4.79 Å². The Kier molecular flexibility index (Phi) is 19.9. The van der Waals surface area contributed by atoms with Gasteiger partial charge in [-0.05, 0) is 40.5 Å². The number of amides is 4. The van der Waals surface area contributed by atoms with Gasteiger partial charge in [0.1, 0.15) is 36.8 Å². The van der Waals surface area contributed by atoms with Crippen LogP contribution in [0.1, 0.15) is 34.1 Å². The molecule has 0 aromatic rings. The van der Waals surface area contributed by atoms with Crippen molar-refractivity contribution < 1.29 is 43.0 Å². The minimum Gasteiger partial charge on any atom is -0.468 e. The quantitative estimate of drug-likeness (QED) is 0.0998. The summed E-state index contributed by atoms with van der Waals surface area (Å²) in [5.41, 5.74) is 3.65. The van der Waals surface area contributed by atoms with Crippen LogP contribution in [-0.4, -0.2) is 123 Å². The van der Waals surface area contributed by atoms with Crippen molar-refractivity contribution in [2.45, 2.75) is 51.8 Å². The molecule has 0 heterocycles. The number of alkyl carbamates (subject to hydrolysis) is 1. The zero-order valence-corrected chi connectivity index (χ0v) is 26.4. The van der Waals surface area contributed by atoms with E-state index in [9.17, 15) is 28.8 Å². The molecule has 4 N–H and O–H groups in total. The van der Waals surface area contributed by atoms with E-state index in [4.69, 9.17) is 9.47 Å². The molecule has 0 aromatic heterocycles. The number of hydrogen-bond donors (Lipinski definition) is 3. The van der Waals surface area contributed by atoms with Gasteiger partial charge in [0.2, 0.25) is 17.7 Å². The third-order valence-corrected chi connectivity index (χ3v) is 5.88. The number of thioether (sulfide) groups is 1. The van der Waals surface area contributed by atoms with Crippen LogP contribution in [0.25, 0.3) is 0 Å². The molecule has 0 bridgehead atoms. The topological polar surface area (TPSA) is 187 Å². The smallest absolute Gasteiger partial charge is 0.408 e. The van der Waals surface area contributed by atoms with E-state index in [0.29, 0.717) is 0 Å². The highest BCUT2D eigenvalue weighted by molar-refractivity contribution is 7.98. The Morgan fingerprint density at radius 3 is 2.12 bits per heavy atom. The molecule has 0 saturated carbocycles. The van der Waals surface area contributed by atoms with Gasteiger partial charge >= 0.3 is 18.0 Å². The first-order chi connectivity index (χ1) is 19.1. The first-order valence-corrected chi connectivity index (χ1v) is 14.2. The first kappa shape index (κ1) is 39.8. The number of nitrogens with zero attached hydrogens (tertiary/aromatic N) is 2. The summed E-state index contributed by atoms with van der Waals surface area (Å²) in [4.78, 5) is 78.0. The van der Waals surface area contributed by atoms with Crippen LogP contribution in [-0.2, 0) is 38.2 Å². The lowest BCUT2D eigenvalue weighted by molar-refractivity contribution is -0.157. The molecule has 0 aliphatic carbocycles. The molecule has 0 aliphatic heterocycles. The second-order valence-electron chi connectivity index (χ2n) is 9.51. The van der Waals surface area contributed by atoms with E-state index in [1.807, 2.05) is 0 Å². The summed E-state index contributed by atoms with van der Waals surface area (Å²) in [7, 11) is 5.47. The Balaban J connectivity index is 0. The van der Waals surface area contributed by atoms with Crippen molar-refractivity contribution in [2.24, 2.45) is 11.7 Å². The van der Waals surface area contributed by atoms with E-state index in [1.54, 1.807) is 34.0 Å². The van der Waals surface area contributed by atoms with Crippen LogP contribution in [0, 0.1) is 5.92 Å². The lowest BCUT2D eigenvalue weighted by Gasteiger charge is -2.33. The van der Waals surface area contributed by atoms with Crippen molar-refractivity contribution in [3.63, 3.8) is 0 Å². The second kappa shape index (κ2) is 20.5. The van der Waals surface area contributed by atoms with Gasteiger partial charge in [0.05, 0.1) is 7.11 Å². The van der Waals surface area contributed by atoms with E-state index in [0.717, 1.165) is 7.11 Å². The Hall–Kier alpha value is -3.33. The SMILES string of the molecule is C=CCOC(=O)[C@@H](CC)C(=O)N(C)[C@@H](CSC)C(=O)N(C)C[C@@H](NC(=O)OC(C)(C)C)C(=O)NCC(=O)OC.CN. The molecule has 3 atom stereocenters. The maximum atomic E-state index is 13.5. The van der Waals surface area contributed by atoms with Gasteiger partial charge in [-0.2, -0.15) is 11.8 Å². The highest BCUT2D eigenvalue weighted by Gasteiger charge is 2.37. The van der Waals surface area contributed by atoms with Gasteiger partial charge in [-0.1, -0.05) is 19.6 Å². The van der Waals surface area contributed by atoms with E-state index >= 15 is 0 Å². The summed E-state index contributed by atoms with van der Waals surface area (Å²) in [6.45, 7) is 9.25. The number of nitrogens with one attached hydrogen (secondary N) is 2.